The summed E-state index contributed by atoms with van der Waals surface area (Å²) >= 11 is 0. The van der Waals surface area contributed by atoms with E-state index in [-0.39, 0.29) is 18.5 Å². The van der Waals surface area contributed by atoms with Crippen molar-refractivity contribution in [2.75, 3.05) is 271 Å². The van der Waals surface area contributed by atoms with E-state index in [0.29, 0.717) is 258 Å². The maximum Gasteiger partial charge on any atom is 0.308 e. The first-order valence-electron chi connectivity index (χ1n) is 24.3. The highest BCUT2D eigenvalue weighted by atomic mass is 16.6. The summed E-state index contributed by atoms with van der Waals surface area (Å²) in [6.07, 6.45) is 0.765. The van der Waals surface area contributed by atoms with Gasteiger partial charge < -0.3 is 99.5 Å². The zero-order chi connectivity index (χ0) is 49.0. The highest BCUT2D eigenvalue weighted by molar-refractivity contribution is 5.71. The molecule has 0 bridgehead atoms. The van der Waals surface area contributed by atoms with E-state index in [1.807, 2.05) is 13.8 Å². The molecular formula is C46H92O22. The van der Waals surface area contributed by atoms with Crippen LogP contribution in [0.25, 0.3) is 0 Å². The Morgan fingerprint density at radius 2 is 0.382 bits per heavy atom. The van der Waals surface area contributed by atoms with Crippen molar-refractivity contribution in [3.63, 3.8) is 0 Å². The number of rotatable bonds is 62. The summed E-state index contributed by atoms with van der Waals surface area (Å²) in [7, 11) is 1.64. The van der Waals surface area contributed by atoms with Crippen molar-refractivity contribution in [2.45, 2.75) is 20.3 Å². The van der Waals surface area contributed by atoms with Gasteiger partial charge >= 0.3 is 5.97 Å². The van der Waals surface area contributed by atoms with E-state index >= 15 is 0 Å². The van der Waals surface area contributed by atoms with E-state index in [9.17, 15) is 4.79 Å². The van der Waals surface area contributed by atoms with Crippen molar-refractivity contribution in [1.82, 2.24) is 0 Å². The van der Waals surface area contributed by atoms with Crippen LogP contribution < -0.4 is 0 Å². The lowest BCUT2D eigenvalue weighted by atomic mass is 10.1. The molecule has 0 aromatic heterocycles. The maximum absolute atomic E-state index is 11.6. The minimum atomic E-state index is -0.188. The molecule has 1 unspecified atom stereocenters. The predicted molar refractivity (Wildman–Crippen MR) is 248 cm³/mol. The van der Waals surface area contributed by atoms with Crippen molar-refractivity contribution in [1.29, 1.82) is 0 Å². The van der Waals surface area contributed by atoms with Crippen LogP contribution in [0.4, 0.5) is 0 Å². The fourth-order valence-corrected chi connectivity index (χ4v) is 4.71. The second-order valence-electron chi connectivity index (χ2n) is 14.1. The van der Waals surface area contributed by atoms with Gasteiger partial charge in [-0.15, -0.1) is 0 Å². The van der Waals surface area contributed by atoms with Crippen LogP contribution in [0.2, 0.25) is 0 Å². The van der Waals surface area contributed by atoms with Gasteiger partial charge in [0.1, 0.15) is 6.61 Å². The smallest absolute Gasteiger partial charge is 0.308 e. The average molecular weight is 997 g/mol. The summed E-state index contributed by atoms with van der Waals surface area (Å²) in [5, 5.41) is 0. The summed E-state index contributed by atoms with van der Waals surface area (Å²) < 4.78 is 114. The monoisotopic (exact) mass is 997 g/mol. The Labute approximate surface area is 407 Å². The van der Waals surface area contributed by atoms with Crippen molar-refractivity contribution >= 4 is 5.97 Å². The molecule has 0 aromatic rings. The van der Waals surface area contributed by atoms with Crippen molar-refractivity contribution in [3.8, 4) is 0 Å². The Morgan fingerprint density at radius 3 is 0.515 bits per heavy atom. The second kappa shape index (κ2) is 61.8. The van der Waals surface area contributed by atoms with Gasteiger partial charge in [-0.3, -0.25) is 4.79 Å². The summed E-state index contributed by atoms with van der Waals surface area (Å²) in [6, 6.07) is 0. The molecule has 0 spiro atoms. The van der Waals surface area contributed by atoms with Gasteiger partial charge in [0.25, 0.3) is 0 Å². The Balaban J connectivity index is 3.09. The van der Waals surface area contributed by atoms with Crippen molar-refractivity contribution < 1.29 is 104 Å². The van der Waals surface area contributed by atoms with Crippen LogP contribution in [-0.4, -0.2) is 277 Å². The second-order valence-corrected chi connectivity index (χ2v) is 14.1. The first kappa shape index (κ1) is 66.7. The number of ether oxygens (including phenoxy) is 21. The topological polar surface area (TPSA) is 211 Å². The number of hydrogen-bond donors (Lipinski definition) is 0. The Hall–Kier alpha value is -1.33. The minimum absolute atomic E-state index is 0.0806. The van der Waals surface area contributed by atoms with Crippen molar-refractivity contribution in [3.05, 3.63) is 0 Å². The Morgan fingerprint density at radius 1 is 0.250 bits per heavy atom. The molecule has 0 aliphatic heterocycles. The number of methoxy groups -OCH3 is 1. The van der Waals surface area contributed by atoms with Gasteiger partial charge in [0, 0.05) is 7.11 Å². The van der Waals surface area contributed by atoms with Gasteiger partial charge in [-0.25, -0.2) is 0 Å². The largest absolute Gasteiger partial charge is 0.463 e. The first-order chi connectivity index (χ1) is 33.7. The standard InChI is InChI=1S/C46H92O22/c1-4-45(2)46(47)68-44-43-67-42-41-66-40-39-65-38-37-64-36-35-63-34-33-62-32-31-61-30-29-60-28-27-59-26-25-58-24-23-57-22-21-56-20-19-55-18-17-54-16-15-53-14-13-52-12-11-51-10-9-50-8-7-49-6-5-48-3/h45H,4-44H2,1-3H3. The molecule has 0 N–H and O–H groups in total. The van der Waals surface area contributed by atoms with Crippen molar-refractivity contribution in [2.24, 2.45) is 5.92 Å². The number of hydrogen-bond acceptors (Lipinski definition) is 22. The summed E-state index contributed by atoms with van der Waals surface area (Å²) in [4.78, 5) is 11.6. The van der Waals surface area contributed by atoms with E-state index in [1.54, 1.807) is 7.11 Å². The Bertz CT molecular complexity index is 931. The van der Waals surface area contributed by atoms with Crippen LogP contribution in [0.5, 0.6) is 0 Å². The number of carbonyl (C=O) groups excluding carboxylic acids is 1. The van der Waals surface area contributed by atoms with Gasteiger partial charge in [-0.1, -0.05) is 13.8 Å². The van der Waals surface area contributed by atoms with Crippen LogP contribution in [0.15, 0.2) is 0 Å². The summed E-state index contributed by atoms with van der Waals surface area (Å²) in [5.74, 6) is -0.269. The van der Waals surface area contributed by atoms with E-state index in [2.05, 4.69) is 0 Å². The minimum Gasteiger partial charge on any atom is -0.463 e. The van der Waals surface area contributed by atoms with Gasteiger partial charge in [0.05, 0.1) is 264 Å². The fraction of sp³-hybridized carbons (Fsp3) is 0.978. The third-order valence-corrected chi connectivity index (χ3v) is 8.61. The molecule has 0 heterocycles. The lowest BCUT2D eigenvalue weighted by molar-refractivity contribution is -0.149. The lowest BCUT2D eigenvalue weighted by Crippen LogP contribution is -2.18. The van der Waals surface area contributed by atoms with Gasteiger partial charge in [-0.2, -0.15) is 0 Å². The van der Waals surface area contributed by atoms with E-state index in [0.717, 1.165) is 6.42 Å². The van der Waals surface area contributed by atoms with Gasteiger partial charge in [0.15, 0.2) is 0 Å². The van der Waals surface area contributed by atoms with E-state index < -0.39 is 0 Å². The van der Waals surface area contributed by atoms with Crippen LogP contribution in [-0.2, 0) is 104 Å². The zero-order valence-corrected chi connectivity index (χ0v) is 42.1. The molecule has 0 rings (SSSR count). The quantitative estimate of drug-likeness (QED) is 0.0625. The molecule has 0 aromatic carbocycles. The molecule has 0 saturated carbocycles. The van der Waals surface area contributed by atoms with Crippen LogP contribution >= 0.6 is 0 Å². The highest BCUT2D eigenvalue weighted by Gasteiger charge is 2.11. The average Bonchev–Trinajstić information content (AvgIpc) is 3.35. The Kier molecular flexibility index (Phi) is 60.6. The third-order valence-electron chi connectivity index (χ3n) is 8.61. The molecule has 0 amide bonds. The SMILES string of the molecule is CCC(C)C(=O)OCCOCCOCCOCCOCCOCCOCCOCCOCCOCCOCCOCCOCCOCCOCCOCCOCCOCCOCCOCCOC. The van der Waals surface area contributed by atoms with Crippen LogP contribution in [0.1, 0.15) is 20.3 Å². The van der Waals surface area contributed by atoms with Gasteiger partial charge in [-0.05, 0) is 6.42 Å². The molecule has 0 aliphatic carbocycles. The molecule has 0 fully saturated rings. The highest BCUT2D eigenvalue weighted by Crippen LogP contribution is 2.02. The molecule has 0 saturated heterocycles. The summed E-state index contributed by atoms with van der Waals surface area (Å²) in [6.45, 7) is 23.3. The normalized spacial score (nSPS) is 12.1. The lowest BCUT2D eigenvalue weighted by Gasteiger charge is -2.10. The number of esters is 1. The number of carbonyl (C=O) groups is 1. The molecule has 0 radical (unpaired) electrons. The van der Waals surface area contributed by atoms with Crippen LogP contribution in [0, 0.1) is 5.92 Å². The van der Waals surface area contributed by atoms with E-state index in [1.165, 1.54) is 0 Å². The predicted octanol–water partition coefficient (Wildman–Crippen LogP) is 1.54. The third kappa shape index (κ3) is 59.0. The van der Waals surface area contributed by atoms with Crippen LogP contribution in [0.3, 0.4) is 0 Å². The molecule has 408 valence electrons. The molecule has 68 heavy (non-hydrogen) atoms. The zero-order valence-electron chi connectivity index (χ0n) is 42.1. The molecule has 1 atom stereocenters. The first-order valence-corrected chi connectivity index (χ1v) is 24.3. The molecule has 22 heteroatoms. The van der Waals surface area contributed by atoms with E-state index in [4.69, 9.17) is 99.5 Å². The fourth-order valence-electron chi connectivity index (χ4n) is 4.71. The molecule has 22 nitrogen and oxygen atoms in total. The molecular weight excluding hydrogens is 904 g/mol. The van der Waals surface area contributed by atoms with Gasteiger partial charge in [0.2, 0.25) is 0 Å². The summed E-state index contributed by atoms with van der Waals surface area (Å²) in [5.41, 5.74) is 0. The molecule has 0 aliphatic rings. The maximum atomic E-state index is 11.6.